The summed E-state index contributed by atoms with van der Waals surface area (Å²) in [6, 6.07) is 4.94. The predicted octanol–water partition coefficient (Wildman–Crippen LogP) is 2.00. The Morgan fingerprint density at radius 1 is 1.43 bits per heavy atom. The van der Waals surface area contributed by atoms with Gasteiger partial charge in [0.1, 0.15) is 4.90 Å². The standard InChI is InChI=1S/C7H4ClIN2O2S/c8-7-10-6-4(9)2-1-3-5(6)14(12,13)11-7/h1-3H,(H,10,11). The largest absolute Gasteiger partial charge is 0.328 e. The molecule has 0 aliphatic carbocycles. The first-order valence-electron chi connectivity index (χ1n) is 3.57. The number of anilines is 1. The number of benzene rings is 1. The van der Waals surface area contributed by atoms with Gasteiger partial charge in [-0.2, -0.15) is 8.42 Å². The minimum absolute atomic E-state index is 0.124. The third kappa shape index (κ3) is 1.61. The first-order valence-corrected chi connectivity index (χ1v) is 6.46. The fourth-order valence-electron chi connectivity index (χ4n) is 1.12. The minimum Gasteiger partial charge on any atom is -0.328 e. The predicted molar refractivity (Wildman–Crippen MR) is 63.3 cm³/mol. The lowest BCUT2D eigenvalue weighted by atomic mass is 10.3. The zero-order valence-electron chi connectivity index (χ0n) is 6.66. The SMILES string of the molecule is O=S1(=O)N=C(Cl)Nc2c(I)cccc21. The Labute approximate surface area is 99.6 Å². The molecule has 0 unspecified atom stereocenters. The van der Waals surface area contributed by atoms with Crippen molar-refractivity contribution in [2.75, 3.05) is 5.32 Å². The Morgan fingerprint density at radius 2 is 2.14 bits per heavy atom. The van der Waals surface area contributed by atoms with Gasteiger partial charge in [-0.25, -0.2) is 0 Å². The molecule has 0 saturated carbocycles. The van der Waals surface area contributed by atoms with Crippen molar-refractivity contribution in [1.29, 1.82) is 0 Å². The highest BCUT2D eigenvalue weighted by Crippen LogP contribution is 2.31. The van der Waals surface area contributed by atoms with Gasteiger partial charge in [-0.05, 0) is 46.3 Å². The van der Waals surface area contributed by atoms with E-state index in [2.05, 4.69) is 9.71 Å². The van der Waals surface area contributed by atoms with Gasteiger partial charge in [0, 0.05) is 3.57 Å². The summed E-state index contributed by atoms with van der Waals surface area (Å²) < 4.78 is 27.2. The molecule has 0 aromatic heterocycles. The maximum absolute atomic E-state index is 11.5. The summed E-state index contributed by atoms with van der Waals surface area (Å²) in [4.78, 5) is 0.161. The Morgan fingerprint density at radius 3 is 2.86 bits per heavy atom. The van der Waals surface area contributed by atoms with Gasteiger partial charge in [0.2, 0.25) is 5.29 Å². The van der Waals surface area contributed by atoms with Gasteiger partial charge in [-0.1, -0.05) is 6.07 Å². The van der Waals surface area contributed by atoms with Crippen molar-refractivity contribution in [1.82, 2.24) is 0 Å². The average molecular weight is 343 g/mol. The van der Waals surface area contributed by atoms with E-state index >= 15 is 0 Å². The molecule has 7 heteroatoms. The second-order valence-corrected chi connectivity index (χ2v) is 5.69. The lowest BCUT2D eigenvalue weighted by Crippen LogP contribution is -2.17. The quantitative estimate of drug-likeness (QED) is 0.579. The van der Waals surface area contributed by atoms with Gasteiger partial charge in [0.15, 0.2) is 0 Å². The maximum Gasteiger partial charge on any atom is 0.287 e. The molecule has 0 saturated heterocycles. The van der Waals surface area contributed by atoms with E-state index < -0.39 is 10.0 Å². The highest BCUT2D eigenvalue weighted by atomic mass is 127. The van der Waals surface area contributed by atoms with Gasteiger partial charge in [-0.3, -0.25) is 0 Å². The van der Waals surface area contributed by atoms with Crippen LogP contribution in [-0.2, 0) is 10.0 Å². The van der Waals surface area contributed by atoms with Crippen LogP contribution < -0.4 is 5.32 Å². The van der Waals surface area contributed by atoms with Crippen LogP contribution in [0.2, 0.25) is 0 Å². The molecule has 0 fully saturated rings. The van der Waals surface area contributed by atoms with Crippen molar-refractivity contribution in [3.8, 4) is 0 Å². The lowest BCUT2D eigenvalue weighted by molar-refractivity contribution is 0.598. The van der Waals surface area contributed by atoms with Crippen molar-refractivity contribution in [2.45, 2.75) is 4.90 Å². The van der Waals surface area contributed by atoms with Gasteiger partial charge < -0.3 is 5.32 Å². The van der Waals surface area contributed by atoms with E-state index in [1.54, 1.807) is 12.1 Å². The van der Waals surface area contributed by atoms with Gasteiger partial charge in [0.25, 0.3) is 10.0 Å². The smallest absolute Gasteiger partial charge is 0.287 e. The molecule has 0 radical (unpaired) electrons. The number of para-hydroxylation sites is 1. The topological polar surface area (TPSA) is 58.5 Å². The van der Waals surface area contributed by atoms with E-state index in [1.165, 1.54) is 6.07 Å². The van der Waals surface area contributed by atoms with Crippen LogP contribution >= 0.6 is 34.2 Å². The molecular weight excluding hydrogens is 339 g/mol. The molecule has 1 heterocycles. The fourth-order valence-corrected chi connectivity index (χ4v) is 3.33. The van der Waals surface area contributed by atoms with E-state index in [4.69, 9.17) is 11.6 Å². The first-order chi connectivity index (χ1) is 6.50. The zero-order valence-corrected chi connectivity index (χ0v) is 10.4. The molecule has 0 atom stereocenters. The first kappa shape index (κ1) is 10.2. The van der Waals surface area contributed by atoms with Crippen molar-refractivity contribution < 1.29 is 8.42 Å². The van der Waals surface area contributed by atoms with Crippen LogP contribution in [0.4, 0.5) is 5.69 Å². The number of halogens is 2. The van der Waals surface area contributed by atoms with E-state index in [0.717, 1.165) is 3.57 Å². The molecular formula is C7H4ClIN2O2S. The summed E-state index contributed by atoms with van der Waals surface area (Å²) >= 11 is 7.59. The summed E-state index contributed by atoms with van der Waals surface area (Å²) in [6.45, 7) is 0. The van der Waals surface area contributed by atoms with E-state index in [0.29, 0.717) is 5.69 Å². The molecule has 1 aliphatic heterocycles. The maximum atomic E-state index is 11.5. The number of nitrogens with one attached hydrogen (secondary N) is 1. The van der Waals surface area contributed by atoms with E-state index in [1.807, 2.05) is 22.6 Å². The van der Waals surface area contributed by atoms with Gasteiger partial charge in [0.05, 0.1) is 5.69 Å². The lowest BCUT2D eigenvalue weighted by Gasteiger charge is -2.15. The molecule has 74 valence electrons. The van der Waals surface area contributed by atoms with Crippen molar-refractivity contribution in [3.05, 3.63) is 21.8 Å². The number of sulfonamides is 1. The van der Waals surface area contributed by atoms with Crippen LogP contribution in [0.25, 0.3) is 0 Å². The molecule has 4 nitrogen and oxygen atoms in total. The highest BCUT2D eigenvalue weighted by Gasteiger charge is 2.25. The van der Waals surface area contributed by atoms with Crippen molar-refractivity contribution in [2.24, 2.45) is 4.40 Å². The molecule has 0 amide bonds. The zero-order chi connectivity index (χ0) is 10.3. The molecule has 0 bridgehead atoms. The van der Waals surface area contributed by atoms with Crippen LogP contribution in [0.1, 0.15) is 0 Å². The van der Waals surface area contributed by atoms with Gasteiger partial charge >= 0.3 is 0 Å². The minimum atomic E-state index is -3.63. The monoisotopic (exact) mass is 342 g/mol. The second-order valence-electron chi connectivity index (χ2n) is 2.60. The van der Waals surface area contributed by atoms with E-state index in [-0.39, 0.29) is 10.2 Å². The number of hydrogen-bond acceptors (Lipinski definition) is 3. The Balaban J connectivity index is 2.78. The van der Waals surface area contributed by atoms with Gasteiger partial charge in [-0.15, -0.1) is 4.40 Å². The highest BCUT2D eigenvalue weighted by molar-refractivity contribution is 14.1. The molecule has 1 N–H and O–H groups in total. The summed E-state index contributed by atoms with van der Waals surface area (Å²) in [5.41, 5.74) is 0.494. The Bertz CT molecular complexity index is 526. The number of rotatable bonds is 0. The molecule has 14 heavy (non-hydrogen) atoms. The Kier molecular flexibility index (Phi) is 2.44. The molecule has 2 rings (SSSR count). The molecule has 0 spiro atoms. The summed E-state index contributed by atoms with van der Waals surface area (Å²) in [6.07, 6.45) is 0. The third-order valence-corrected chi connectivity index (χ3v) is 4.18. The second kappa shape index (κ2) is 3.35. The normalized spacial score (nSPS) is 18.0. The molecule has 1 aromatic rings. The number of nitrogens with zero attached hydrogens (tertiary/aromatic N) is 1. The van der Waals surface area contributed by atoms with Crippen molar-refractivity contribution in [3.63, 3.8) is 0 Å². The van der Waals surface area contributed by atoms with Crippen LogP contribution in [0, 0.1) is 3.57 Å². The van der Waals surface area contributed by atoms with Crippen molar-refractivity contribution >= 4 is 55.2 Å². The van der Waals surface area contributed by atoms with Crippen LogP contribution in [0.3, 0.4) is 0 Å². The molecule has 1 aliphatic rings. The average Bonchev–Trinajstić information content (AvgIpc) is 2.05. The Hall–Kier alpha value is -0.340. The third-order valence-electron chi connectivity index (χ3n) is 1.68. The summed E-state index contributed by atoms with van der Waals surface area (Å²) in [7, 11) is -3.63. The van der Waals surface area contributed by atoms with Crippen LogP contribution in [0.5, 0.6) is 0 Å². The summed E-state index contributed by atoms with van der Waals surface area (Å²) in [5.74, 6) is 0. The van der Waals surface area contributed by atoms with Crippen LogP contribution in [0.15, 0.2) is 27.5 Å². The number of hydrogen-bond donors (Lipinski definition) is 1. The fraction of sp³-hybridized carbons (Fsp3) is 0. The van der Waals surface area contributed by atoms with Crippen LogP contribution in [-0.4, -0.2) is 13.7 Å². The molecule has 1 aromatic carbocycles. The number of fused-ring (bicyclic) bond motifs is 1. The summed E-state index contributed by atoms with van der Waals surface area (Å²) in [5, 5.41) is 2.59. The number of amidine groups is 1. The van der Waals surface area contributed by atoms with E-state index in [9.17, 15) is 8.42 Å².